The highest BCUT2D eigenvalue weighted by atomic mass is 16.5. The molecule has 1 unspecified atom stereocenters. The van der Waals surface area contributed by atoms with Crippen LogP contribution in [-0.4, -0.2) is 29.8 Å². The second kappa shape index (κ2) is 3.69. The fourth-order valence-corrected chi connectivity index (χ4v) is 1.21. The van der Waals surface area contributed by atoms with Crippen molar-refractivity contribution in [2.24, 2.45) is 5.73 Å². The topological polar surface area (TPSA) is 72.5 Å². The number of ether oxygens (including phenoxy) is 1. The average Bonchev–Trinajstić information content (AvgIpc) is 2.39. The fourth-order valence-electron chi connectivity index (χ4n) is 1.21. The molecule has 11 heavy (non-hydrogen) atoms. The summed E-state index contributed by atoms with van der Waals surface area (Å²) in [5.74, 6) is -0.944. The van der Waals surface area contributed by atoms with E-state index in [0.717, 1.165) is 19.4 Å². The van der Waals surface area contributed by atoms with Crippen LogP contribution in [0.25, 0.3) is 0 Å². The summed E-state index contributed by atoms with van der Waals surface area (Å²) < 4.78 is 5.23. The van der Waals surface area contributed by atoms with Crippen LogP contribution in [0, 0.1) is 0 Å². The first-order valence-electron chi connectivity index (χ1n) is 3.80. The van der Waals surface area contributed by atoms with Crippen molar-refractivity contribution in [1.82, 2.24) is 0 Å². The van der Waals surface area contributed by atoms with Crippen LogP contribution >= 0.6 is 0 Å². The van der Waals surface area contributed by atoms with E-state index in [9.17, 15) is 4.79 Å². The normalized spacial score (nSPS) is 26.8. The molecule has 1 heterocycles. The van der Waals surface area contributed by atoms with Crippen LogP contribution in [0.1, 0.15) is 19.3 Å². The number of rotatable bonds is 3. The second-order valence-electron chi connectivity index (χ2n) is 2.82. The van der Waals surface area contributed by atoms with E-state index in [-0.39, 0.29) is 6.10 Å². The summed E-state index contributed by atoms with van der Waals surface area (Å²) in [6.07, 6.45) is 2.48. The lowest BCUT2D eigenvalue weighted by atomic mass is 10.1. The van der Waals surface area contributed by atoms with Gasteiger partial charge in [0.05, 0.1) is 6.10 Å². The smallest absolute Gasteiger partial charge is 0.320 e. The van der Waals surface area contributed by atoms with Crippen LogP contribution in [0.15, 0.2) is 0 Å². The van der Waals surface area contributed by atoms with Crippen LogP contribution < -0.4 is 5.73 Å². The van der Waals surface area contributed by atoms with Gasteiger partial charge in [0.25, 0.3) is 0 Å². The molecule has 4 heteroatoms. The number of carboxylic acid groups (broad SMARTS) is 1. The van der Waals surface area contributed by atoms with Gasteiger partial charge in [0.1, 0.15) is 6.04 Å². The van der Waals surface area contributed by atoms with Crippen LogP contribution in [0.2, 0.25) is 0 Å². The van der Waals surface area contributed by atoms with Crippen molar-refractivity contribution < 1.29 is 14.6 Å². The zero-order valence-corrected chi connectivity index (χ0v) is 6.32. The minimum absolute atomic E-state index is 0.0705. The predicted molar refractivity (Wildman–Crippen MR) is 39.2 cm³/mol. The van der Waals surface area contributed by atoms with E-state index in [1.54, 1.807) is 0 Å². The molecule has 1 aliphatic rings. The molecule has 4 nitrogen and oxygen atoms in total. The summed E-state index contributed by atoms with van der Waals surface area (Å²) in [5, 5.41) is 8.46. The highest BCUT2D eigenvalue weighted by Gasteiger charge is 2.21. The molecule has 0 bridgehead atoms. The first kappa shape index (κ1) is 8.49. The molecule has 3 N–H and O–H groups in total. The molecule has 1 fully saturated rings. The molecule has 0 amide bonds. The Morgan fingerprint density at radius 3 is 3.00 bits per heavy atom. The van der Waals surface area contributed by atoms with Crippen LogP contribution in [-0.2, 0) is 9.53 Å². The van der Waals surface area contributed by atoms with Gasteiger partial charge < -0.3 is 15.6 Å². The van der Waals surface area contributed by atoms with Gasteiger partial charge in [-0.15, -0.1) is 0 Å². The number of carbonyl (C=O) groups is 1. The molecule has 1 saturated heterocycles. The van der Waals surface area contributed by atoms with E-state index in [2.05, 4.69) is 0 Å². The maximum atomic E-state index is 10.3. The lowest BCUT2D eigenvalue weighted by molar-refractivity contribution is -0.139. The number of aliphatic carboxylic acids is 1. The van der Waals surface area contributed by atoms with Gasteiger partial charge in [0.2, 0.25) is 0 Å². The van der Waals surface area contributed by atoms with Gasteiger partial charge in [0.15, 0.2) is 0 Å². The van der Waals surface area contributed by atoms with Gasteiger partial charge in [-0.25, -0.2) is 0 Å². The molecular formula is C7H13NO3. The largest absolute Gasteiger partial charge is 0.480 e. The Hall–Kier alpha value is -0.610. The molecule has 0 aromatic carbocycles. The van der Waals surface area contributed by atoms with Gasteiger partial charge in [-0.2, -0.15) is 0 Å². The van der Waals surface area contributed by atoms with Crippen LogP contribution in [0.4, 0.5) is 0 Å². The molecule has 0 saturated carbocycles. The number of nitrogens with two attached hydrogens (primary N) is 1. The van der Waals surface area contributed by atoms with Crippen molar-refractivity contribution in [3.05, 3.63) is 0 Å². The Morgan fingerprint density at radius 1 is 1.82 bits per heavy atom. The monoisotopic (exact) mass is 159 g/mol. The van der Waals surface area contributed by atoms with Crippen molar-refractivity contribution >= 4 is 5.97 Å². The Labute approximate surface area is 65.3 Å². The van der Waals surface area contributed by atoms with Gasteiger partial charge in [-0.1, -0.05) is 0 Å². The van der Waals surface area contributed by atoms with Crippen LogP contribution in [0.5, 0.6) is 0 Å². The van der Waals surface area contributed by atoms with Gasteiger partial charge >= 0.3 is 5.97 Å². The second-order valence-corrected chi connectivity index (χ2v) is 2.82. The van der Waals surface area contributed by atoms with Crippen molar-refractivity contribution in [2.75, 3.05) is 6.61 Å². The van der Waals surface area contributed by atoms with Gasteiger partial charge in [0, 0.05) is 6.61 Å². The average molecular weight is 159 g/mol. The Kier molecular flexibility index (Phi) is 2.84. The zero-order valence-electron chi connectivity index (χ0n) is 6.32. The summed E-state index contributed by atoms with van der Waals surface area (Å²) in [6, 6.07) is -0.766. The first-order valence-corrected chi connectivity index (χ1v) is 3.80. The maximum Gasteiger partial charge on any atom is 0.320 e. The Balaban J connectivity index is 2.23. The Morgan fingerprint density at radius 2 is 2.55 bits per heavy atom. The molecule has 1 rings (SSSR count). The maximum absolute atomic E-state index is 10.3. The quantitative estimate of drug-likeness (QED) is 0.606. The number of carboxylic acids is 1. The SMILES string of the molecule is NC(C[C@H]1CCCO1)C(=O)O. The molecule has 1 aliphatic heterocycles. The Bertz CT molecular complexity index is 143. The number of hydrogen-bond acceptors (Lipinski definition) is 3. The number of hydrogen-bond donors (Lipinski definition) is 2. The predicted octanol–water partition coefficient (Wildman–Crippen LogP) is -0.0326. The summed E-state index contributed by atoms with van der Waals surface area (Å²) in [4.78, 5) is 10.3. The molecule has 0 aromatic rings. The third-order valence-corrected chi connectivity index (χ3v) is 1.86. The van der Waals surface area contributed by atoms with Crippen molar-refractivity contribution in [2.45, 2.75) is 31.4 Å². The van der Waals surface area contributed by atoms with E-state index < -0.39 is 12.0 Å². The summed E-state index contributed by atoms with van der Waals surface area (Å²) >= 11 is 0. The summed E-state index contributed by atoms with van der Waals surface area (Å²) in [6.45, 7) is 0.747. The van der Waals surface area contributed by atoms with Gasteiger partial charge in [-0.3, -0.25) is 4.79 Å². The van der Waals surface area contributed by atoms with Crippen molar-refractivity contribution in [1.29, 1.82) is 0 Å². The van der Waals surface area contributed by atoms with Crippen molar-refractivity contribution in [3.63, 3.8) is 0 Å². The van der Waals surface area contributed by atoms with Crippen molar-refractivity contribution in [3.8, 4) is 0 Å². The van der Waals surface area contributed by atoms with E-state index in [0.29, 0.717) is 6.42 Å². The van der Waals surface area contributed by atoms with Crippen LogP contribution in [0.3, 0.4) is 0 Å². The first-order chi connectivity index (χ1) is 5.20. The van der Waals surface area contributed by atoms with E-state index in [4.69, 9.17) is 15.6 Å². The molecule has 2 atom stereocenters. The minimum Gasteiger partial charge on any atom is -0.480 e. The standard InChI is InChI=1S/C7H13NO3/c8-6(7(9)10)4-5-2-1-3-11-5/h5-6H,1-4,8H2,(H,9,10)/t5-,6?/m1/s1. The van der Waals surface area contributed by atoms with E-state index in [1.165, 1.54) is 0 Å². The molecule has 0 spiro atoms. The van der Waals surface area contributed by atoms with E-state index in [1.807, 2.05) is 0 Å². The summed E-state index contributed by atoms with van der Waals surface area (Å²) in [7, 11) is 0. The highest BCUT2D eigenvalue weighted by Crippen LogP contribution is 2.16. The lowest BCUT2D eigenvalue weighted by Crippen LogP contribution is -2.33. The van der Waals surface area contributed by atoms with Gasteiger partial charge in [-0.05, 0) is 19.3 Å². The lowest BCUT2D eigenvalue weighted by Gasteiger charge is -2.11. The van der Waals surface area contributed by atoms with E-state index >= 15 is 0 Å². The third kappa shape index (κ3) is 2.48. The molecular weight excluding hydrogens is 146 g/mol. The molecule has 0 aliphatic carbocycles. The zero-order chi connectivity index (χ0) is 8.27. The molecule has 0 aromatic heterocycles. The minimum atomic E-state index is -0.944. The summed E-state index contributed by atoms with van der Waals surface area (Å²) in [5.41, 5.74) is 5.32. The molecule has 64 valence electrons. The molecule has 0 radical (unpaired) electrons. The highest BCUT2D eigenvalue weighted by molar-refractivity contribution is 5.73. The third-order valence-electron chi connectivity index (χ3n) is 1.86. The fraction of sp³-hybridized carbons (Fsp3) is 0.857.